The number of ether oxygens (including phenoxy) is 2. The Morgan fingerprint density at radius 3 is 1.50 bits per heavy atom. The van der Waals surface area contributed by atoms with Gasteiger partial charge in [0, 0.05) is 13.2 Å². The van der Waals surface area contributed by atoms with E-state index < -0.39 is 0 Å². The lowest BCUT2D eigenvalue weighted by Crippen LogP contribution is -2.46. The van der Waals surface area contributed by atoms with E-state index in [1.54, 1.807) is 0 Å². The molecule has 2 fully saturated rings. The minimum atomic E-state index is 0.406. The van der Waals surface area contributed by atoms with E-state index >= 15 is 0 Å². The van der Waals surface area contributed by atoms with Gasteiger partial charge in [-0.3, -0.25) is 0 Å². The molecule has 2 rings (SSSR count). The molecule has 0 bridgehead atoms. The summed E-state index contributed by atoms with van der Waals surface area (Å²) >= 11 is 0. The minimum Gasteiger partial charge on any atom is -0.378 e. The van der Waals surface area contributed by atoms with Crippen molar-refractivity contribution < 1.29 is 9.47 Å². The first kappa shape index (κ1) is 16.3. The molecule has 0 saturated carbocycles. The summed E-state index contributed by atoms with van der Waals surface area (Å²) in [6.45, 7) is 15.9. The van der Waals surface area contributed by atoms with E-state index in [4.69, 9.17) is 9.47 Å². The summed E-state index contributed by atoms with van der Waals surface area (Å²) in [7, 11) is 0. The van der Waals surface area contributed by atoms with Crippen molar-refractivity contribution in [1.29, 1.82) is 0 Å². The Bertz CT molecular complexity index is 276. The highest BCUT2D eigenvalue weighted by Gasteiger charge is 2.42. The van der Waals surface area contributed by atoms with Crippen LogP contribution in [0, 0.1) is 35.5 Å². The van der Waals surface area contributed by atoms with Gasteiger partial charge in [-0.1, -0.05) is 27.7 Å². The summed E-state index contributed by atoms with van der Waals surface area (Å²) in [6.07, 6.45) is 3.45. The van der Waals surface area contributed by atoms with Gasteiger partial charge < -0.3 is 9.47 Å². The Labute approximate surface area is 125 Å². The van der Waals surface area contributed by atoms with Gasteiger partial charge in [-0.25, -0.2) is 0 Å². The second-order valence-corrected chi connectivity index (χ2v) is 7.91. The first-order chi connectivity index (χ1) is 9.40. The maximum absolute atomic E-state index is 6.05. The Morgan fingerprint density at radius 2 is 1.15 bits per heavy atom. The molecular formula is C18H34O2. The average Bonchev–Trinajstić information content (AvgIpc) is 2.37. The Morgan fingerprint density at radius 1 is 0.750 bits per heavy atom. The van der Waals surface area contributed by atoms with Crippen LogP contribution in [-0.4, -0.2) is 25.4 Å². The van der Waals surface area contributed by atoms with Crippen LogP contribution in [0.15, 0.2) is 0 Å². The molecule has 0 N–H and O–H groups in total. The highest BCUT2D eigenvalue weighted by Crippen LogP contribution is 2.44. The summed E-state index contributed by atoms with van der Waals surface area (Å²) in [6, 6.07) is 0. The normalized spacial score (nSPS) is 44.5. The molecule has 20 heavy (non-hydrogen) atoms. The third kappa shape index (κ3) is 3.57. The monoisotopic (exact) mass is 282 g/mol. The van der Waals surface area contributed by atoms with Crippen LogP contribution in [-0.2, 0) is 9.47 Å². The third-order valence-corrected chi connectivity index (χ3v) is 5.60. The predicted octanol–water partition coefficient (Wildman–Crippen LogP) is 4.38. The van der Waals surface area contributed by atoms with E-state index in [1.165, 1.54) is 12.8 Å². The zero-order valence-corrected chi connectivity index (χ0v) is 14.3. The molecule has 2 heterocycles. The molecule has 6 unspecified atom stereocenters. The van der Waals surface area contributed by atoms with Gasteiger partial charge in [0.2, 0.25) is 0 Å². The van der Waals surface area contributed by atoms with Crippen molar-refractivity contribution in [3.63, 3.8) is 0 Å². The third-order valence-electron chi connectivity index (χ3n) is 5.60. The van der Waals surface area contributed by atoms with Crippen molar-refractivity contribution in [2.24, 2.45) is 35.5 Å². The molecule has 0 spiro atoms. The van der Waals surface area contributed by atoms with Gasteiger partial charge in [0.05, 0.1) is 12.2 Å². The van der Waals surface area contributed by atoms with Crippen molar-refractivity contribution >= 4 is 0 Å². The predicted molar refractivity (Wildman–Crippen MR) is 83.7 cm³/mol. The minimum absolute atomic E-state index is 0.406. The molecule has 2 nitrogen and oxygen atoms in total. The SMILES string of the molecule is CC1COC(C)C(C(C(C)C)C2CC(C)COC2C)C1. The average molecular weight is 282 g/mol. The Hall–Kier alpha value is -0.0800. The van der Waals surface area contributed by atoms with Crippen LogP contribution in [0.1, 0.15) is 54.4 Å². The molecule has 2 saturated heterocycles. The van der Waals surface area contributed by atoms with E-state index in [0.717, 1.165) is 19.1 Å². The zero-order valence-electron chi connectivity index (χ0n) is 14.3. The van der Waals surface area contributed by atoms with E-state index in [-0.39, 0.29) is 0 Å². The summed E-state index contributed by atoms with van der Waals surface area (Å²) in [5.41, 5.74) is 0. The van der Waals surface area contributed by atoms with E-state index in [0.29, 0.717) is 41.8 Å². The molecule has 0 aliphatic carbocycles. The van der Waals surface area contributed by atoms with Crippen LogP contribution in [0.4, 0.5) is 0 Å². The van der Waals surface area contributed by atoms with E-state index in [2.05, 4.69) is 41.5 Å². The smallest absolute Gasteiger partial charge is 0.0578 e. The Balaban J connectivity index is 2.16. The number of hydrogen-bond donors (Lipinski definition) is 0. The van der Waals surface area contributed by atoms with Crippen molar-refractivity contribution in [2.75, 3.05) is 13.2 Å². The molecule has 0 amide bonds. The molecule has 118 valence electrons. The van der Waals surface area contributed by atoms with Crippen LogP contribution in [0.25, 0.3) is 0 Å². The number of hydrogen-bond acceptors (Lipinski definition) is 2. The molecule has 2 heteroatoms. The summed E-state index contributed by atoms with van der Waals surface area (Å²) < 4.78 is 12.1. The van der Waals surface area contributed by atoms with Gasteiger partial charge in [0.25, 0.3) is 0 Å². The maximum Gasteiger partial charge on any atom is 0.0578 e. The fourth-order valence-corrected chi connectivity index (χ4v) is 4.57. The molecule has 2 aliphatic heterocycles. The van der Waals surface area contributed by atoms with Crippen LogP contribution in [0.2, 0.25) is 0 Å². The van der Waals surface area contributed by atoms with Crippen LogP contribution in [0.5, 0.6) is 0 Å². The molecule has 2 aliphatic rings. The maximum atomic E-state index is 6.05. The van der Waals surface area contributed by atoms with Crippen molar-refractivity contribution in [3.8, 4) is 0 Å². The first-order valence-electron chi connectivity index (χ1n) is 8.63. The lowest BCUT2D eigenvalue weighted by atomic mass is 9.65. The van der Waals surface area contributed by atoms with Gasteiger partial charge >= 0.3 is 0 Å². The highest BCUT2D eigenvalue weighted by atomic mass is 16.5. The second kappa shape index (κ2) is 6.79. The van der Waals surface area contributed by atoms with Gasteiger partial charge in [0.1, 0.15) is 0 Å². The molecule has 0 aromatic carbocycles. The zero-order chi connectivity index (χ0) is 14.9. The summed E-state index contributed by atoms with van der Waals surface area (Å²) in [5.74, 6) is 4.23. The van der Waals surface area contributed by atoms with Crippen molar-refractivity contribution in [2.45, 2.75) is 66.6 Å². The molecule has 0 aromatic rings. The van der Waals surface area contributed by atoms with E-state index in [1.807, 2.05) is 0 Å². The molecule has 0 radical (unpaired) electrons. The van der Waals surface area contributed by atoms with Crippen molar-refractivity contribution in [1.82, 2.24) is 0 Å². The molecule has 6 atom stereocenters. The van der Waals surface area contributed by atoms with Gasteiger partial charge in [-0.2, -0.15) is 0 Å². The van der Waals surface area contributed by atoms with Gasteiger partial charge in [-0.15, -0.1) is 0 Å². The first-order valence-corrected chi connectivity index (χ1v) is 8.63. The molecule has 0 aromatic heterocycles. The largest absolute Gasteiger partial charge is 0.378 e. The molecular weight excluding hydrogens is 248 g/mol. The fourth-order valence-electron chi connectivity index (χ4n) is 4.57. The number of rotatable bonds is 3. The lowest BCUT2D eigenvalue weighted by molar-refractivity contribution is -0.120. The van der Waals surface area contributed by atoms with Crippen molar-refractivity contribution in [3.05, 3.63) is 0 Å². The quantitative estimate of drug-likeness (QED) is 0.764. The summed E-state index contributed by atoms with van der Waals surface area (Å²) in [4.78, 5) is 0. The fraction of sp³-hybridized carbons (Fsp3) is 1.00. The lowest BCUT2D eigenvalue weighted by Gasteiger charge is -2.47. The Kier molecular flexibility index (Phi) is 5.53. The van der Waals surface area contributed by atoms with Crippen LogP contribution in [0.3, 0.4) is 0 Å². The van der Waals surface area contributed by atoms with Crippen LogP contribution >= 0.6 is 0 Å². The van der Waals surface area contributed by atoms with Crippen LogP contribution < -0.4 is 0 Å². The van der Waals surface area contributed by atoms with Gasteiger partial charge in [-0.05, 0) is 62.2 Å². The summed E-state index contributed by atoms with van der Waals surface area (Å²) in [5, 5.41) is 0. The highest BCUT2D eigenvalue weighted by molar-refractivity contribution is 4.90. The van der Waals surface area contributed by atoms with E-state index in [9.17, 15) is 0 Å². The van der Waals surface area contributed by atoms with Gasteiger partial charge in [0.15, 0.2) is 0 Å². The topological polar surface area (TPSA) is 18.5 Å². The standard InChI is InChI=1S/C18H34O2/c1-11(2)18(16-7-12(3)9-19-14(16)5)17-8-13(4)10-20-15(17)6/h11-18H,7-10H2,1-6H3. The second-order valence-electron chi connectivity index (χ2n) is 7.91.